The first-order chi connectivity index (χ1) is 14.7. The number of amides is 2. The van der Waals surface area contributed by atoms with Crippen molar-refractivity contribution in [2.45, 2.75) is 22.7 Å². The number of fused-ring (bicyclic) bond motifs is 1. The number of aliphatic carboxylic acids is 1. The van der Waals surface area contributed by atoms with Gasteiger partial charge in [0, 0.05) is 30.5 Å². The van der Waals surface area contributed by atoms with Gasteiger partial charge in [-0.25, -0.2) is 4.98 Å². The predicted molar refractivity (Wildman–Crippen MR) is 113 cm³/mol. The van der Waals surface area contributed by atoms with Gasteiger partial charge in [0.1, 0.15) is 23.2 Å². The molecule has 15 heteroatoms. The molecule has 31 heavy (non-hydrogen) atoms. The van der Waals surface area contributed by atoms with E-state index in [1.165, 1.54) is 40.1 Å². The van der Waals surface area contributed by atoms with Gasteiger partial charge in [0.25, 0.3) is 5.91 Å². The molecular weight excluding hydrogens is 466 g/mol. The highest BCUT2D eigenvalue weighted by Gasteiger charge is 2.57. The number of β-lactam (4-membered cyclic amide) rings is 1. The normalized spacial score (nSPS) is 26.1. The van der Waals surface area contributed by atoms with Crippen LogP contribution in [-0.2, 0) is 21.4 Å². The summed E-state index contributed by atoms with van der Waals surface area (Å²) in [5, 5.41) is 32.2. The number of rotatable bonds is 7. The number of nitrogen functional groups attached to an aromatic ring is 1. The maximum Gasteiger partial charge on any atom is 0.313 e. The average Bonchev–Trinajstić information content (AvgIpc) is 3.37. The van der Waals surface area contributed by atoms with Crippen molar-refractivity contribution in [1.82, 2.24) is 30.0 Å². The largest absolute Gasteiger partial charge is 0.481 e. The van der Waals surface area contributed by atoms with Crippen molar-refractivity contribution in [3.8, 4) is 0 Å². The summed E-state index contributed by atoms with van der Waals surface area (Å²) in [5.41, 5.74) is 4.48. The molecule has 0 spiro atoms. The molecule has 2 aliphatic rings. The summed E-state index contributed by atoms with van der Waals surface area (Å²) in [6, 6.07) is -0.832. The van der Waals surface area contributed by atoms with E-state index in [-0.39, 0.29) is 34.8 Å². The third-order valence-electron chi connectivity index (χ3n) is 5.11. The number of aromatic nitrogens is 4. The first-order valence-corrected chi connectivity index (χ1v) is 11.9. The van der Waals surface area contributed by atoms with Gasteiger partial charge in [0.2, 0.25) is 5.91 Å². The Labute approximate surface area is 188 Å². The number of nitrogens with zero attached hydrogens (tertiary/aromatic N) is 5. The zero-order valence-electron chi connectivity index (χ0n) is 16.2. The maximum absolute atomic E-state index is 12.6. The van der Waals surface area contributed by atoms with Crippen LogP contribution in [-0.4, -0.2) is 82.1 Å². The van der Waals surface area contributed by atoms with E-state index in [9.17, 15) is 24.6 Å². The number of nitrogens with one attached hydrogen (secondary N) is 1. The Morgan fingerprint density at radius 1 is 1.52 bits per heavy atom. The fraction of sp³-hybridized carbons (Fsp3) is 0.500. The van der Waals surface area contributed by atoms with Gasteiger partial charge in [-0.3, -0.25) is 14.4 Å². The van der Waals surface area contributed by atoms with E-state index in [2.05, 4.69) is 20.5 Å². The lowest BCUT2D eigenvalue weighted by atomic mass is 9.89. The predicted octanol–water partition coefficient (Wildman–Crippen LogP) is -0.850. The van der Waals surface area contributed by atoms with Gasteiger partial charge in [-0.1, -0.05) is 11.8 Å². The number of carboxylic acid groups (broad SMARTS) is 1. The Kier molecular flexibility index (Phi) is 5.85. The van der Waals surface area contributed by atoms with Crippen molar-refractivity contribution in [3.05, 3.63) is 17.4 Å². The van der Waals surface area contributed by atoms with Gasteiger partial charge in [-0.05, 0) is 0 Å². The SMILES string of the molecule is Cn1cnnc1SCC1(C(=O)O)CS[C@@H]2C(NC(=O)C(O)c3csc(N)n3)C(=O)N2C1. The third kappa shape index (κ3) is 3.97. The van der Waals surface area contributed by atoms with E-state index in [4.69, 9.17) is 5.73 Å². The summed E-state index contributed by atoms with van der Waals surface area (Å²) < 4.78 is 1.70. The summed E-state index contributed by atoms with van der Waals surface area (Å²) in [7, 11) is 1.77. The van der Waals surface area contributed by atoms with E-state index in [0.717, 1.165) is 11.3 Å². The maximum atomic E-state index is 12.6. The van der Waals surface area contributed by atoms with E-state index in [1.54, 1.807) is 11.6 Å². The quantitative estimate of drug-likeness (QED) is 0.284. The zero-order chi connectivity index (χ0) is 22.3. The summed E-state index contributed by atoms with van der Waals surface area (Å²) in [6.45, 7) is 0.0290. The van der Waals surface area contributed by atoms with Crippen LogP contribution in [0, 0.1) is 5.41 Å². The van der Waals surface area contributed by atoms with Gasteiger partial charge >= 0.3 is 5.97 Å². The van der Waals surface area contributed by atoms with Gasteiger partial charge in [-0.2, -0.15) is 0 Å². The van der Waals surface area contributed by atoms with Crippen LogP contribution in [0.2, 0.25) is 0 Å². The molecule has 5 N–H and O–H groups in total. The van der Waals surface area contributed by atoms with Crippen LogP contribution in [0.4, 0.5) is 5.13 Å². The van der Waals surface area contributed by atoms with Crippen LogP contribution in [0.1, 0.15) is 11.8 Å². The molecule has 2 saturated heterocycles. The van der Waals surface area contributed by atoms with Crippen molar-refractivity contribution in [2.24, 2.45) is 12.5 Å². The zero-order valence-corrected chi connectivity index (χ0v) is 18.6. The fourth-order valence-electron chi connectivity index (χ4n) is 3.30. The number of carbonyl (C=O) groups is 3. The molecule has 0 aromatic carbocycles. The van der Waals surface area contributed by atoms with Crippen LogP contribution in [0.25, 0.3) is 0 Å². The van der Waals surface area contributed by atoms with E-state index in [0.29, 0.717) is 5.16 Å². The molecule has 0 radical (unpaired) electrons. The summed E-state index contributed by atoms with van der Waals surface area (Å²) in [6.07, 6.45) is -0.00733. The number of hydrogen-bond acceptors (Lipinski definition) is 11. The molecule has 2 aliphatic heterocycles. The van der Waals surface area contributed by atoms with Crippen molar-refractivity contribution < 1.29 is 24.6 Å². The third-order valence-corrected chi connectivity index (χ3v) is 8.72. The van der Waals surface area contributed by atoms with Gasteiger partial charge in [-0.15, -0.1) is 33.3 Å². The highest BCUT2D eigenvalue weighted by Crippen LogP contribution is 2.44. The molecule has 2 amide bonds. The lowest BCUT2D eigenvalue weighted by molar-refractivity contribution is -0.158. The number of nitrogens with two attached hydrogens (primary N) is 1. The molecule has 3 unspecified atom stereocenters. The number of carboxylic acids is 1. The topological polar surface area (TPSA) is 177 Å². The Hall–Kier alpha value is -2.36. The van der Waals surface area contributed by atoms with Crippen LogP contribution in [0.15, 0.2) is 16.9 Å². The van der Waals surface area contributed by atoms with Crippen LogP contribution < -0.4 is 11.1 Å². The second kappa shape index (κ2) is 8.29. The van der Waals surface area contributed by atoms with Crippen LogP contribution in [0.5, 0.6) is 0 Å². The first-order valence-electron chi connectivity index (χ1n) is 9.03. The minimum Gasteiger partial charge on any atom is -0.481 e. The van der Waals surface area contributed by atoms with E-state index >= 15 is 0 Å². The van der Waals surface area contributed by atoms with Crippen molar-refractivity contribution in [3.63, 3.8) is 0 Å². The number of hydrogen-bond donors (Lipinski definition) is 4. The number of thioether (sulfide) groups is 2. The van der Waals surface area contributed by atoms with Crippen LogP contribution in [0.3, 0.4) is 0 Å². The van der Waals surface area contributed by atoms with E-state index < -0.39 is 34.8 Å². The molecule has 166 valence electrons. The Bertz CT molecular complexity index is 1030. The highest BCUT2D eigenvalue weighted by atomic mass is 32.2. The molecule has 4 rings (SSSR count). The smallest absolute Gasteiger partial charge is 0.313 e. The summed E-state index contributed by atoms with van der Waals surface area (Å²) in [4.78, 5) is 42.4. The Balaban J connectivity index is 1.39. The van der Waals surface area contributed by atoms with Crippen molar-refractivity contribution in [2.75, 3.05) is 23.8 Å². The van der Waals surface area contributed by atoms with Gasteiger partial charge in [0.15, 0.2) is 16.4 Å². The second-order valence-electron chi connectivity index (χ2n) is 7.27. The number of anilines is 1. The minimum absolute atomic E-state index is 0.0290. The number of carbonyl (C=O) groups excluding carboxylic acids is 2. The number of aryl methyl sites for hydroxylation is 1. The summed E-state index contributed by atoms with van der Waals surface area (Å²) >= 11 is 3.66. The first kappa shape index (κ1) is 21.9. The van der Waals surface area contributed by atoms with E-state index in [1.807, 2.05) is 0 Å². The minimum atomic E-state index is -1.54. The Morgan fingerprint density at radius 2 is 2.29 bits per heavy atom. The molecule has 12 nitrogen and oxygen atoms in total. The molecular formula is C16H19N7O5S3. The monoisotopic (exact) mass is 485 g/mol. The molecule has 2 aromatic heterocycles. The van der Waals surface area contributed by atoms with Crippen molar-refractivity contribution in [1.29, 1.82) is 0 Å². The molecule has 0 bridgehead atoms. The fourth-order valence-corrected chi connectivity index (χ4v) is 6.63. The molecule has 4 heterocycles. The van der Waals surface area contributed by atoms with Gasteiger partial charge in [0.05, 0.1) is 5.69 Å². The average molecular weight is 486 g/mol. The molecule has 2 aromatic rings. The van der Waals surface area contributed by atoms with Gasteiger partial charge < -0.3 is 30.7 Å². The number of thiazole rings is 1. The molecule has 4 atom stereocenters. The van der Waals surface area contributed by atoms with Crippen LogP contribution >= 0.6 is 34.9 Å². The molecule has 0 aliphatic carbocycles. The molecule has 2 fully saturated rings. The van der Waals surface area contributed by atoms with Crippen molar-refractivity contribution >= 4 is 57.8 Å². The number of aliphatic hydroxyl groups excluding tert-OH is 1. The lowest BCUT2D eigenvalue weighted by Crippen LogP contribution is -2.74. The number of aliphatic hydroxyl groups is 1. The lowest BCUT2D eigenvalue weighted by Gasteiger charge is -2.53. The second-order valence-corrected chi connectivity index (χ2v) is 10.2. The Morgan fingerprint density at radius 3 is 2.90 bits per heavy atom. The standard InChI is InChI=1S/C16H19N7O5S3/c1-22-6-18-21-15(22)31-5-16(13(27)28)3-23-11(26)8(12(23)30-4-16)20-10(25)9(24)7-2-29-14(17)19-7/h2,6,8-9,12,24H,3-5H2,1H3,(H2,17,19)(H,20,25)(H,27,28)/t8?,9?,12-,16?/m1/s1. The molecule has 0 saturated carbocycles. The summed E-state index contributed by atoms with van der Waals surface area (Å²) in [5.74, 6) is -1.65. The highest BCUT2D eigenvalue weighted by molar-refractivity contribution is 8.00.